The predicted octanol–water partition coefficient (Wildman–Crippen LogP) is 4.34. The van der Waals surface area contributed by atoms with E-state index in [0.29, 0.717) is 36.1 Å². The largest absolute Gasteiger partial charge is 0.493 e. The zero-order chi connectivity index (χ0) is 22.1. The number of oxime groups is 1. The molecule has 8 heteroatoms. The van der Waals surface area contributed by atoms with Crippen molar-refractivity contribution in [3.63, 3.8) is 0 Å². The van der Waals surface area contributed by atoms with Gasteiger partial charge in [0, 0.05) is 11.6 Å². The lowest BCUT2D eigenvalue weighted by Gasteiger charge is -2.12. The van der Waals surface area contributed by atoms with E-state index >= 15 is 0 Å². The maximum atomic E-state index is 12.3. The van der Waals surface area contributed by atoms with Gasteiger partial charge in [0.15, 0.2) is 17.3 Å². The van der Waals surface area contributed by atoms with Crippen LogP contribution in [-0.4, -0.2) is 30.5 Å². The molecule has 1 aromatic heterocycles. The summed E-state index contributed by atoms with van der Waals surface area (Å²) in [4.78, 5) is 17.7. The highest BCUT2D eigenvalue weighted by atomic mass is 16.6. The summed E-state index contributed by atoms with van der Waals surface area (Å²) in [6.07, 6.45) is 1.19. The predicted molar refractivity (Wildman–Crippen MR) is 116 cm³/mol. The minimum Gasteiger partial charge on any atom is -0.493 e. The first kappa shape index (κ1) is 21.9. The Labute approximate surface area is 180 Å². The smallest absolute Gasteiger partial charge is 0.269 e. The number of benzene rings is 2. The third kappa shape index (κ3) is 6.33. The number of nitrogens with one attached hydrogen (secondary N) is 1. The van der Waals surface area contributed by atoms with Gasteiger partial charge in [-0.3, -0.25) is 4.79 Å². The quantitative estimate of drug-likeness (QED) is 0.385. The molecule has 0 aliphatic rings. The maximum Gasteiger partial charge on any atom is 0.269 e. The number of anilines is 1. The van der Waals surface area contributed by atoms with Gasteiger partial charge in [-0.15, -0.1) is 0 Å². The summed E-state index contributed by atoms with van der Waals surface area (Å²) in [5.74, 6) is 1.79. The number of carbonyl (C=O) groups is 1. The van der Waals surface area contributed by atoms with Gasteiger partial charge in [0.25, 0.3) is 5.91 Å². The highest BCUT2D eigenvalue weighted by Crippen LogP contribution is 2.28. The van der Waals surface area contributed by atoms with Crippen molar-refractivity contribution in [1.82, 2.24) is 5.16 Å². The number of amides is 1. The number of hydrogen-bond donors (Lipinski definition) is 1. The van der Waals surface area contributed by atoms with Crippen LogP contribution >= 0.6 is 0 Å². The Kier molecular flexibility index (Phi) is 7.64. The first-order chi connectivity index (χ1) is 15.1. The zero-order valence-electron chi connectivity index (χ0n) is 17.7. The fourth-order valence-corrected chi connectivity index (χ4v) is 2.72. The molecule has 0 fully saturated rings. The Bertz CT molecular complexity index is 1020. The molecule has 1 amide bonds. The Hall–Kier alpha value is -3.81. The van der Waals surface area contributed by atoms with Crippen molar-refractivity contribution in [2.75, 3.05) is 12.4 Å². The van der Waals surface area contributed by atoms with Crippen molar-refractivity contribution < 1.29 is 23.6 Å². The molecule has 1 N–H and O–H groups in total. The van der Waals surface area contributed by atoms with E-state index in [2.05, 4.69) is 15.6 Å². The van der Waals surface area contributed by atoms with Crippen LogP contribution in [0, 0.1) is 6.92 Å². The molecule has 1 unspecified atom stereocenters. The van der Waals surface area contributed by atoms with Crippen molar-refractivity contribution in [2.24, 2.45) is 5.16 Å². The first-order valence-corrected chi connectivity index (χ1v) is 9.87. The van der Waals surface area contributed by atoms with Crippen LogP contribution in [-0.2, 0) is 16.2 Å². The van der Waals surface area contributed by atoms with Crippen LogP contribution < -0.4 is 14.8 Å². The molecule has 0 spiro atoms. The Morgan fingerprint density at radius 3 is 2.68 bits per heavy atom. The van der Waals surface area contributed by atoms with Gasteiger partial charge in [-0.05, 0) is 37.1 Å². The van der Waals surface area contributed by atoms with E-state index in [-0.39, 0.29) is 5.91 Å². The van der Waals surface area contributed by atoms with Gasteiger partial charge >= 0.3 is 0 Å². The van der Waals surface area contributed by atoms with Crippen molar-refractivity contribution in [2.45, 2.75) is 33.0 Å². The molecule has 1 atom stereocenters. The summed E-state index contributed by atoms with van der Waals surface area (Å²) in [6, 6.07) is 16.9. The van der Waals surface area contributed by atoms with Crippen LogP contribution in [0.15, 0.2) is 64.3 Å². The van der Waals surface area contributed by atoms with Crippen molar-refractivity contribution >= 4 is 17.9 Å². The lowest BCUT2D eigenvalue weighted by Crippen LogP contribution is -2.28. The normalized spacial score (nSPS) is 11.8. The summed E-state index contributed by atoms with van der Waals surface area (Å²) in [5.41, 5.74) is 1.81. The second-order valence-corrected chi connectivity index (χ2v) is 6.73. The SMILES string of the molecule is CCC(ON=Cc1ccc(OCc2ccccc2)c(OC)c1)C(=O)Nc1cc(C)on1. The first-order valence-electron chi connectivity index (χ1n) is 9.87. The molecule has 162 valence electrons. The third-order valence-corrected chi connectivity index (χ3v) is 4.36. The Morgan fingerprint density at radius 2 is 2.00 bits per heavy atom. The highest BCUT2D eigenvalue weighted by molar-refractivity contribution is 5.93. The van der Waals surface area contributed by atoms with E-state index in [4.69, 9.17) is 18.8 Å². The molecule has 0 saturated carbocycles. The summed E-state index contributed by atoms with van der Waals surface area (Å²) >= 11 is 0. The van der Waals surface area contributed by atoms with E-state index in [1.54, 1.807) is 32.2 Å². The number of carbonyl (C=O) groups excluding carboxylic acids is 1. The van der Waals surface area contributed by atoms with E-state index in [9.17, 15) is 4.79 Å². The van der Waals surface area contributed by atoms with E-state index in [1.165, 1.54) is 6.21 Å². The molecule has 2 aromatic carbocycles. The number of rotatable bonds is 10. The Balaban J connectivity index is 1.58. The summed E-state index contributed by atoms with van der Waals surface area (Å²) in [5, 5.41) is 10.3. The van der Waals surface area contributed by atoms with Crippen LogP contribution in [0.1, 0.15) is 30.2 Å². The van der Waals surface area contributed by atoms with Crippen LogP contribution in [0.2, 0.25) is 0 Å². The van der Waals surface area contributed by atoms with Crippen LogP contribution in [0.5, 0.6) is 11.5 Å². The minimum atomic E-state index is -0.761. The van der Waals surface area contributed by atoms with Crippen molar-refractivity contribution in [1.29, 1.82) is 0 Å². The van der Waals surface area contributed by atoms with Crippen LogP contribution in [0.3, 0.4) is 0 Å². The van der Waals surface area contributed by atoms with Gasteiger partial charge in [0.1, 0.15) is 12.4 Å². The Morgan fingerprint density at radius 1 is 1.19 bits per heavy atom. The van der Waals surface area contributed by atoms with Crippen molar-refractivity contribution in [3.8, 4) is 11.5 Å². The van der Waals surface area contributed by atoms with Gasteiger partial charge in [-0.2, -0.15) is 0 Å². The molecule has 8 nitrogen and oxygen atoms in total. The summed E-state index contributed by atoms with van der Waals surface area (Å²) in [7, 11) is 1.57. The molecule has 31 heavy (non-hydrogen) atoms. The number of methoxy groups -OCH3 is 1. The average Bonchev–Trinajstić information content (AvgIpc) is 3.20. The average molecular weight is 423 g/mol. The molecule has 3 aromatic rings. The summed E-state index contributed by atoms with van der Waals surface area (Å²) in [6.45, 7) is 4.01. The summed E-state index contributed by atoms with van der Waals surface area (Å²) < 4.78 is 16.2. The lowest BCUT2D eigenvalue weighted by molar-refractivity contribution is -0.127. The highest BCUT2D eigenvalue weighted by Gasteiger charge is 2.19. The van der Waals surface area contributed by atoms with Gasteiger partial charge in [0.2, 0.25) is 6.10 Å². The van der Waals surface area contributed by atoms with Gasteiger partial charge in [-0.25, -0.2) is 0 Å². The van der Waals surface area contributed by atoms with Crippen molar-refractivity contribution in [3.05, 3.63) is 71.5 Å². The molecule has 0 aliphatic carbocycles. The second kappa shape index (κ2) is 10.8. The number of nitrogens with zero attached hydrogens (tertiary/aromatic N) is 2. The fraction of sp³-hybridized carbons (Fsp3) is 0.261. The van der Waals surface area contributed by atoms with Crippen LogP contribution in [0.25, 0.3) is 0 Å². The molecule has 0 saturated heterocycles. The second-order valence-electron chi connectivity index (χ2n) is 6.73. The number of ether oxygens (including phenoxy) is 2. The monoisotopic (exact) mass is 423 g/mol. The molecule has 0 aliphatic heterocycles. The maximum absolute atomic E-state index is 12.3. The van der Waals surface area contributed by atoms with Crippen LogP contribution in [0.4, 0.5) is 5.82 Å². The lowest BCUT2D eigenvalue weighted by atomic mass is 10.2. The standard InChI is InChI=1S/C23H25N3O5/c1-4-19(23(27)25-22-12-16(2)30-26-22)31-24-14-18-10-11-20(21(13-18)28-3)29-15-17-8-6-5-7-9-17/h5-14,19H,4,15H2,1-3H3,(H,25,26,27). The van der Waals surface area contributed by atoms with Gasteiger partial charge in [0.05, 0.1) is 13.3 Å². The van der Waals surface area contributed by atoms with E-state index in [0.717, 1.165) is 11.1 Å². The van der Waals surface area contributed by atoms with E-state index in [1.807, 2.05) is 43.3 Å². The topological polar surface area (TPSA) is 95.2 Å². The molecule has 1 heterocycles. The minimum absolute atomic E-state index is 0.337. The molecule has 0 bridgehead atoms. The molecular formula is C23H25N3O5. The number of aryl methyl sites for hydroxylation is 1. The zero-order valence-corrected chi connectivity index (χ0v) is 17.7. The van der Waals surface area contributed by atoms with Gasteiger partial charge < -0.3 is 24.2 Å². The third-order valence-electron chi connectivity index (χ3n) is 4.36. The van der Waals surface area contributed by atoms with E-state index < -0.39 is 6.10 Å². The molecule has 0 radical (unpaired) electrons. The fourth-order valence-electron chi connectivity index (χ4n) is 2.72. The number of hydrogen-bond acceptors (Lipinski definition) is 7. The van der Waals surface area contributed by atoms with Gasteiger partial charge in [-0.1, -0.05) is 47.6 Å². The molecular weight excluding hydrogens is 398 g/mol. The molecule has 3 rings (SSSR count). The number of aromatic nitrogens is 1.